The average molecular weight is 343 g/mol. The van der Waals surface area contributed by atoms with Gasteiger partial charge in [-0.3, -0.25) is 9.59 Å². The Balaban J connectivity index is 2.27. The Morgan fingerprint density at radius 3 is 2.91 bits per heavy atom. The van der Waals surface area contributed by atoms with Crippen molar-refractivity contribution in [2.75, 3.05) is 12.4 Å². The molecule has 122 valence electrons. The SMILES string of the molecule is CC(C)(CCl)C(=O)N(Cc1ccsc1)C1CCCCNC1=O. The van der Waals surface area contributed by atoms with E-state index in [1.165, 1.54) is 0 Å². The zero-order valence-corrected chi connectivity index (χ0v) is 14.7. The monoisotopic (exact) mass is 342 g/mol. The van der Waals surface area contributed by atoms with E-state index >= 15 is 0 Å². The maximum absolute atomic E-state index is 12.9. The first-order valence-corrected chi connectivity index (χ1v) is 9.09. The van der Waals surface area contributed by atoms with E-state index < -0.39 is 11.5 Å². The summed E-state index contributed by atoms with van der Waals surface area (Å²) in [5.74, 6) is 0.127. The number of carbonyl (C=O) groups excluding carboxylic acids is 2. The van der Waals surface area contributed by atoms with E-state index in [1.807, 2.05) is 30.7 Å². The third-order valence-electron chi connectivity index (χ3n) is 3.99. The van der Waals surface area contributed by atoms with E-state index in [4.69, 9.17) is 11.6 Å². The fourth-order valence-electron chi connectivity index (χ4n) is 2.57. The van der Waals surface area contributed by atoms with Crippen molar-refractivity contribution in [3.63, 3.8) is 0 Å². The smallest absolute Gasteiger partial charge is 0.242 e. The van der Waals surface area contributed by atoms with E-state index in [2.05, 4.69) is 5.32 Å². The second-order valence-electron chi connectivity index (χ2n) is 6.38. The molecule has 2 amide bonds. The van der Waals surface area contributed by atoms with Gasteiger partial charge >= 0.3 is 0 Å². The van der Waals surface area contributed by atoms with Crippen LogP contribution in [0.1, 0.15) is 38.7 Å². The van der Waals surface area contributed by atoms with Crippen molar-refractivity contribution in [1.82, 2.24) is 10.2 Å². The Bertz CT molecular complexity index is 516. The van der Waals surface area contributed by atoms with Crippen LogP contribution in [0.25, 0.3) is 0 Å². The minimum absolute atomic E-state index is 0.0496. The number of nitrogens with zero attached hydrogens (tertiary/aromatic N) is 1. The molecule has 1 aromatic rings. The molecule has 0 aromatic carbocycles. The number of nitrogens with one attached hydrogen (secondary N) is 1. The van der Waals surface area contributed by atoms with Gasteiger partial charge in [0, 0.05) is 19.0 Å². The van der Waals surface area contributed by atoms with E-state index in [-0.39, 0.29) is 17.7 Å². The summed E-state index contributed by atoms with van der Waals surface area (Å²) in [5.41, 5.74) is 0.380. The molecular weight excluding hydrogens is 320 g/mol. The van der Waals surface area contributed by atoms with Crippen LogP contribution in [0.5, 0.6) is 0 Å². The van der Waals surface area contributed by atoms with Gasteiger partial charge in [0.05, 0.1) is 5.41 Å². The third-order valence-corrected chi connectivity index (χ3v) is 5.39. The van der Waals surface area contributed by atoms with E-state index in [0.29, 0.717) is 19.5 Å². The first-order chi connectivity index (χ1) is 10.5. The van der Waals surface area contributed by atoms with Crippen LogP contribution in [0, 0.1) is 5.41 Å². The summed E-state index contributed by atoms with van der Waals surface area (Å²) < 4.78 is 0. The van der Waals surface area contributed by atoms with Crippen LogP contribution in [0.3, 0.4) is 0 Å². The Kier molecular flexibility index (Phi) is 5.87. The maximum atomic E-state index is 12.9. The van der Waals surface area contributed by atoms with Gasteiger partial charge in [0.2, 0.25) is 11.8 Å². The van der Waals surface area contributed by atoms with Crippen LogP contribution >= 0.6 is 22.9 Å². The van der Waals surface area contributed by atoms with Crippen LogP contribution in [-0.4, -0.2) is 35.2 Å². The van der Waals surface area contributed by atoms with Crippen molar-refractivity contribution in [1.29, 1.82) is 0 Å². The quantitative estimate of drug-likeness (QED) is 0.836. The fourth-order valence-corrected chi connectivity index (χ4v) is 3.34. The van der Waals surface area contributed by atoms with E-state index in [0.717, 1.165) is 18.4 Å². The zero-order valence-electron chi connectivity index (χ0n) is 13.1. The topological polar surface area (TPSA) is 49.4 Å². The maximum Gasteiger partial charge on any atom is 0.242 e. The molecule has 4 nitrogen and oxygen atoms in total. The summed E-state index contributed by atoms with van der Waals surface area (Å²) in [6.07, 6.45) is 2.61. The summed E-state index contributed by atoms with van der Waals surface area (Å²) in [6.45, 7) is 4.81. The summed E-state index contributed by atoms with van der Waals surface area (Å²) in [5, 5.41) is 6.92. The van der Waals surface area contributed by atoms with Crippen LogP contribution in [-0.2, 0) is 16.1 Å². The van der Waals surface area contributed by atoms with Gasteiger partial charge in [0.1, 0.15) is 6.04 Å². The first-order valence-electron chi connectivity index (χ1n) is 7.61. The van der Waals surface area contributed by atoms with Gasteiger partial charge in [-0.25, -0.2) is 0 Å². The molecule has 0 saturated carbocycles. The highest BCUT2D eigenvalue weighted by atomic mass is 35.5. The zero-order chi connectivity index (χ0) is 16.2. The standard InChI is InChI=1S/C16H23ClN2O2S/c1-16(2,11-17)15(21)19(9-12-6-8-22-10-12)13-5-3-4-7-18-14(13)20/h6,8,10,13H,3-5,7,9,11H2,1-2H3,(H,18,20). The van der Waals surface area contributed by atoms with Gasteiger partial charge in [0.25, 0.3) is 0 Å². The molecule has 0 bridgehead atoms. The van der Waals surface area contributed by atoms with Crippen molar-refractivity contribution >= 4 is 34.8 Å². The van der Waals surface area contributed by atoms with Crippen molar-refractivity contribution in [2.45, 2.75) is 45.7 Å². The van der Waals surface area contributed by atoms with Gasteiger partial charge < -0.3 is 10.2 Å². The normalized spacial score (nSPS) is 19.4. The number of alkyl halides is 1. The predicted octanol–water partition coefficient (Wildman–Crippen LogP) is 3.01. The molecule has 1 N–H and O–H groups in total. The molecule has 1 unspecified atom stereocenters. The lowest BCUT2D eigenvalue weighted by Crippen LogP contribution is -2.52. The minimum Gasteiger partial charge on any atom is -0.354 e. The highest BCUT2D eigenvalue weighted by Crippen LogP contribution is 2.26. The molecule has 6 heteroatoms. The molecule has 0 aliphatic carbocycles. The average Bonchev–Trinajstić information content (AvgIpc) is 2.92. The number of hydrogen-bond acceptors (Lipinski definition) is 3. The molecule has 1 aromatic heterocycles. The lowest BCUT2D eigenvalue weighted by Gasteiger charge is -2.35. The molecular formula is C16H23ClN2O2S. The molecule has 22 heavy (non-hydrogen) atoms. The van der Waals surface area contributed by atoms with Crippen LogP contribution in [0.4, 0.5) is 0 Å². The van der Waals surface area contributed by atoms with Gasteiger partial charge in [-0.15, -0.1) is 11.6 Å². The highest BCUT2D eigenvalue weighted by Gasteiger charge is 2.38. The van der Waals surface area contributed by atoms with Crippen LogP contribution < -0.4 is 5.32 Å². The van der Waals surface area contributed by atoms with Gasteiger partial charge in [0.15, 0.2) is 0 Å². The highest BCUT2D eigenvalue weighted by molar-refractivity contribution is 7.07. The number of amides is 2. The predicted molar refractivity (Wildman–Crippen MR) is 90.0 cm³/mol. The number of rotatable bonds is 5. The second kappa shape index (κ2) is 7.47. The Morgan fingerprint density at radius 1 is 1.50 bits per heavy atom. The molecule has 1 fully saturated rings. The summed E-state index contributed by atoms with van der Waals surface area (Å²) in [4.78, 5) is 27.0. The molecule has 1 aliphatic rings. The number of carbonyl (C=O) groups is 2. The minimum atomic E-state index is -0.676. The molecule has 2 heterocycles. The van der Waals surface area contributed by atoms with Crippen molar-refractivity contribution in [3.8, 4) is 0 Å². The summed E-state index contributed by atoms with van der Waals surface area (Å²) in [7, 11) is 0. The molecule has 0 spiro atoms. The summed E-state index contributed by atoms with van der Waals surface area (Å²) in [6, 6.07) is 1.59. The molecule has 0 radical (unpaired) electrons. The Labute approximate surface area is 140 Å². The summed E-state index contributed by atoms with van der Waals surface area (Å²) >= 11 is 7.57. The molecule has 1 atom stereocenters. The number of halogens is 1. The van der Waals surface area contributed by atoms with Crippen molar-refractivity contribution in [2.24, 2.45) is 5.41 Å². The van der Waals surface area contributed by atoms with E-state index in [9.17, 15) is 9.59 Å². The second-order valence-corrected chi connectivity index (χ2v) is 7.43. The first kappa shape index (κ1) is 17.3. The molecule has 1 saturated heterocycles. The van der Waals surface area contributed by atoms with Crippen LogP contribution in [0.2, 0.25) is 0 Å². The number of thiophene rings is 1. The van der Waals surface area contributed by atoms with Gasteiger partial charge in [-0.05, 0) is 55.5 Å². The molecule has 2 rings (SSSR count). The Hall–Kier alpha value is -1.07. The van der Waals surface area contributed by atoms with Gasteiger partial charge in [-0.1, -0.05) is 0 Å². The van der Waals surface area contributed by atoms with E-state index in [1.54, 1.807) is 16.2 Å². The number of hydrogen-bond donors (Lipinski definition) is 1. The fraction of sp³-hybridized carbons (Fsp3) is 0.625. The lowest BCUT2D eigenvalue weighted by atomic mass is 9.92. The van der Waals surface area contributed by atoms with Crippen molar-refractivity contribution < 1.29 is 9.59 Å². The largest absolute Gasteiger partial charge is 0.354 e. The van der Waals surface area contributed by atoms with Crippen molar-refractivity contribution in [3.05, 3.63) is 22.4 Å². The third kappa shape index (κ3) is 4.02. The molecule has 1 aliphatic heterocycles. The Morgan fingerprint density at radius 2 is 2.27 bits per heavy atom. The van der Waals surface area contributed by atoms with Gasteiger partial charge in [-0.2, -0.15) is 11.3 Å². The lowest BCUT2D eigenvalue weighted by molar-refractivity contribution is -0.147. The van der Waals surface area contributed by atoms with Crippen LogP contribution in [0.15, 0.2) is 16.8 Å².